The number of rotatable bonds is 5. The maximum atomic E-state index is 13.1. The number of carbonyl (C=O) groups is 2. The van der Waals surface area contributed by atoms with Crippen molar-refractivity contribution in [3.63, 3.8) is 0 Å². The van der Waals surface area contributed by atoms with Gasteiger partial charge in [0.2, 0.25) is 11.8 Å². The molecule has 0 bridgehead atoms. The molecule has 1 aliphatic rings. The van der Waals surface area contributed by atoms with Gasteiger partial charge in [-0.2, -0.15) is 0 Å². The first-order valence-electron chi connectivity index (χ1n) is 8.21. The summed E-state index contributed by atoms with van der Waals surface area (Å²) in [4.78, 5) is 27.6. The third-order valence-electron chi connectivity index (χ3n) is 5.07. The highest BCUT2D eigenvalue weighted by Crippen LogP contribution is 2.34. The van der Waals surface area contributed by atoms with Crippen LogP contribution in [0.25, 0.3) is 0 Å². The molecule has 1 fully saturated rings. The summed E-state index contributed by atoms with van der Waals surface area (Å²) in [6, 6.07) is 0. The van der Waals surface area contributed by atoms with Gasteiger partial charge in [-0.25, -0.2) is 0 Å². The van der Waals surface area contributed by atoms with Crippen LogP contribution in [0.5, 0.6) is 0 Å². The van der Waals surface area contributed by atoms with E-state index in [9.17, 15) is 9.59 Å². The highest BCUT2D eigenvalue weighted by molar-refractivity contribution is 6.02. The molecular weight excluding hydrogens is 264 g/mol. The quantitative estimate of drug-likeness (QED) is 0.847. The molecule has 4 nitrogen and oxygen atoms in total. The van der Waals surface area contributed by atoms with E-state index in [4.69, 9.17) is 0 Å². The van der Waals surface area contributed by atoms with Crippen LogP contribution in [-0.4, -0.2) is 34.3 Å². The smallest absolute Gasteiger partial charge is 0.249 e. The van der Waals surface area contributed by atoms with E-state index in [0.717, 1.165) is 6.42 Å². The highest BCUT2D eigenvalue weighted by Gasteiger charge is 2.54. The van der Waals surface area contributed by atoms with Gasteiger partial charge >= 0.3 is 0 Å². The Hall–Kier alpha value is -1.06. The molecule has 0 radical (unpaired) electrons. The summed E-state index contributed by atoms with van der Waals surface area (Å²) in [6.07, 6.45) is 2.81. The van der Waals surface area contributed by atoms with Crippen molar-refractivity contribution in [1.29, 1.82) is 0 Å². The molecule has 0 aromatic heterocycles. The van der Waals surface area contributed by atoms with E-state index in [0.29, 0.717) is 25.8 Å². The summed E-state index contributed by atoms with van der Waals surface area (Å²) in [5, 5.41) is 3.02. The second kappa shape index (κ2) is 5.98. The van der Waals surface area contributed by atoms with Crippen LogP contribution in [0.4, 0.5) is 0 Å². The molecular formula is C17H32N2O2. The summed E-state index contributed by atoms with van der Waals surface area (Å²) in [7, 11) is 0. The zero-order chi connectivity index (χ0) is 16.5. The van der Waals surface area contributed by atoms with Crippen LogP contribution >= 0.6 is 0 Å². The predicted octanol–water partition coefficient (Wildman–Crippen LogP) is 3.11. The number of nitrogens with zero attached hydrogens (tertiary/aromatic N) is 1. The van der Waals surface area contributed by atoms with Crippen molar-refractivity contribution in [3.8, 4) is 0 Å². The van der Waals surface area contributed by atoms with Gasteiger partial charge in [-0.3, -0.25) is 9.59 Å². The summed E-state index contributed by atoms with van der Waals surface area (Å²) in [6.45, 7) is 14.9. The Balaban J connectivity index is 3.16. The Morgan fingerprint density at radius 2 is 1.57 bits per heavy atom. The molecule has 1 saturated heterocycles. The molecule has 0 aromatic rings. The molecule has 0 aromatic carbocycles. The number of carbonyl (C=O) groups excluding carboxylic acids is 2. The van der Waals surface area contributed by atoms with E-state index in [-0.39, 0.29) is 17.2 Å². The summed E-state index contributed by atoms with van der Waals surface area (Å²) in [5.74, 6) is 0.0721. The van der Waals surface area contributed by atoms with Gasteiger partial charge in [0.05, 0.1) is 0 Å². The van der Waals surface area contributed by atoms with Crippen molar-refractivity contribution in [2.75, 3.05) is 6.54 Å². The first-order chi connectivity index (χ1) is 9.56. The van der Waals surface area contributed by atoms with Gasteiger partial charge in [0.1, 0.15) is 11.1 Å². The lowest BCUT2D eigenvalue weighted by atomic mass is 9.80. The van der Waals surface area contributed by atoms with Crippen molar-refractivity contribution in [2.24, 2.45) is 5.41 Å². The number of nitrogens with one attached hydrogen (secondary N) is 1. The minimum atomic E-state index is -0.726. The molecule has 1 heterocycles. The van der Waals surface area contributed by atoms with Crippen molar-refractivity contribution in [2.45, 2.75) is 85.2 Å². The fraction of sp³-hybridized carbons (Fsp3) is 0.882. The van der Waals surface area contributed by atoms with E-state index in [1.165, 1.54) is 0 Å². The number of piperazine rings is 1. The van der Waals surface area contributed by atoms with E-state index in [1.54, 1.807) is 0 Å². The molecule has 0 aliphatic carbocycles. The lowest BCUT2D eigenvalue weighted by Gasteiger charge is -2.51. The van der Waals surface area contributed by atoms with E-state index >= 15 is 0 Å². The van der Waals surface area contributed by atoms with Gasteiger partial charge in [0.15, 0.2) is 0 Å². The molecule has 1 rings (SSSR count). The van der Waals surface area contributed by atoms with E-state index in [2.05, 4.69) is 26.1 Å². The Bertz CT molecular complexity index is 408. The normalized spacial score (nSPS) is 26.0. The van der Waals surface area contributed by atoms with E-state index in [1.807, 2.05) is 32.6 Å². The first kappa shape index (κ1) is 18.0. The molecule has 1 atom stereocenters. The zero-order valence-electron chi connectivity index (χ0n) is 14.8. The van der Waals surface area contributed by atoms with Crippen molar-refractivity contribution < 1.29 is 9.59 Å². The second-order valence-electron chi connectivity index (χ2n) is 7.64. The maximum absolute atomic E-state index is 13.1. The van der Waals surface area contributed by atoms with Crippen LogP contribution in [0.1, 0.15) is 74.1 Å². The average molecular weight is 296 g/mol. The molecule has 1 aliphatic heterocycles. The van der Waals surface area contributed by atoms with Crippen molar-refractivity contribution >= 4 is 11.8 Å². The minimum absolute atomic E-state index is 0.0118. The Morgan fingerprint density at radius 1 is 1.05 bits per heavy atom. The van der Waals surface area contributed by atoms with Crippen LogP contribution in [0.15, 0.2) is 0 Å². The fourth-order valence-electron chi connectivity index (χ4n) is 2.89. The Labute approximate surface area is 129 Å². The topological polar surface area (TPSA) is 49.4 Å². The first-order valence-corrected chi connectivity index (χ1v) is 8.21. The van der Waals surface area contributed by atoms with E-state index < -0.39 is 11.1 Å². The monoisotopic (exact) mass is 296 g/mol. The molecule has 0 spiro atoms. The number of amides is 2. The molecule has 21 heavy (non-hydrogen) atoms. The second-order valence-corrected chi connectivity index (χ2v) is 7.64. The molecule has 1 unspecified atom stereocenters. The standard InChI is InChI=1S/C17H32N2O2/c1-8-16(7)13(20)18-17(9-2,10-3)14(21)19(16)12-11-15(4,5)6/h8-12H2,1-7H3,(H,18,20). The molecule has 2 amide bonds. The van der Waals surface area contributed by atoms with Crippen LogP contribution < -0.4 is 5.32 Å². The van der Waals surface area contributed by atoms with Gasteiger partial charge in [-0.15, -0.1) is 0 Å². The van der Waals surface area contributed by atoms with Gasteiger partial charge < -0.3 is 10.2 Å². The fourth-order valence-corrected chi connectivity index (χ4v) is 2.89. The minimum Gasteiger partial charge on any atom is -0.340 e. The van der Waals surface area contributed by atoms with Crippen LogP contribution in [0.2, 0.25) is 0 Å². The van der Waals surface area contributed by atoms with Gasteiger partial charge in [-0.1, -0.05) is 41.5 Å². The predicted molar refractivity (Wildman–Crippen MR) is 85.9 cm³/mol. The molecule has 4 heteroatoms. The Morgan fingerprint density at radius 3 is 1.95 bits per heavy atom. The molecule has 0 saturated carbocycles. The van der Waals surface area contributed by atoms with Crippen molar-refractivity contribution in [1.82, 2.24) is 10.2 Å². The highest BCUT2D eigenvalue weighted by atomic mass is 16.2. The SMILES string of the molecule is CCC1(CC)NC(=O)C(C)(CC)N(CCC(C)(C)C)C1=O. The van der Waals surface area contributed by atoms with Crippen LogP contribution in [0.3, 0.4) is 0 Å². The van der Waals surface area contributed by atoms with Gasteiger partial charge in [-0.05, 0) is 38.0 Å². The Kier molecular flexibility index (Phi) is 5.12. The lowest BCUT2D eigenvalue weighted by molar-refractivity contribution is -0.163. The number of hydrogen-bond acceptors (Lipinski definition) is 2. The summed E-state index contributed by atoms with van der Waals surface area (Å²) in [5.41, 5.74) is -1.30. The molecule has 1 N–H and O–H groups in total. The third-order valence-corrected chi connectivity index (χ3v) is 5.07. The van der Waals surface area contributed by atoms with Gasteiger partial charge in [0.25, 0.3) is 0 Å². The third kappa shape index (κ3) is 3.24. The summed E-state index contributed by atoms with van der Waals surface area (Å²) < 4.78 is 0. The maximum Gasteiger partial charge on any atom is 0.249 e. The molecule has 122 valence electrons. The average Bonchev–Trinajstić information content (AvgIpc) is 2.41. The summed E-state index contributed by atoms with van der Waals surface area (Å²) >= 11 is 0. The van der Waals surface area contributed by atoms with Crippen molar-refractivity contribution in [3.05, 3.63) is 0 Å². The van der Waals surface area contributed by atoms with Gasteiger partial charge in [0, 0.05) is 6.54 Å². The lowest BCUT2D eigenvalue weighted by Crippen LogP contribution is -2.74. The van der Waals surface area contributed by atoms with Crippen LogP contribution in [0, 0.1) is 5.41 Å². The van der Waals surface area contributed by atoms with Crippen LogP contribution in [-0.2, 0) is 9.59 Å². The number of hydrogen-bond donors (Lipinski definition) is 1. The zero-order valence-corrected chi connectivity index (χ0v) is 14.8. The largest absolute Gasteiger partial charge is 0.340 e.